The quantitative estimate of drug-likeness (QED) is 0.221. The van der Waals surface area contributed by atoms with Crippen molar-refractivity contribution >= 4 is 28.4 Å². The minimum absolute atomic E-state index is 0.0224. The fourth-order valence-corrected chi connectivity index (χ4v) is 5.27. The van der Waals surface area contributed by atoms with Gasteiger partial charge in [-0.15, -0.1) is 0 Å². The lowest BCUT2D eigenvalue weighted by Crippen LogP contribution is -2.47. The molecule has 1 atom stereocenters. The Balaban J connectivity index is 1.72. The van der Waals surface area contributed by atoms with Crippen molar-refractivity contribution in [3.8, 4) is 0 Å². The first kappa shape index (κ1) is 21.7. The summed E-state index contributed by atoms with van der Waals surface area (Å²) < 4.78 is 0. The third kappa shape index (κ3) is 4.05. The molecule has 1 aliphatic carbocycles. The standard InChI is InChI=1S/C27H33NO3/c1-3-4-7-11-18(2)25(29)21-16-17-23-24-20(21)14-10-15-22(24)26(30)28(27(23)31)19-12-8-5-6-9-13-19/h10,14-19H,3-9,11-13H2,1-2H3. The molecule has 1 unspecified atom stereocenters. The Morgan fingerprint density at radius 2 is 1.65 bits per heavy atom. The molecule has 1 fully saturated rings. The van der Waals surface area contributed by atoms with Crippen LogP contribution in [0.25, 0.3) is 10.8 Å². The Hall–Kier alpha value is -2.49. The molecule has 1 aliphatic heterocycles. The lowest BCUT2D eigenvalue weighted by Gasteiger charge is -2.33. The predicted octanol–water partition coefficient (Wildman–Crippen LogP) is 6.56. The van der Waals surface area contributed by atoms with Crippen molar-refractivity contribution in [2.24, 2.45) is 5.92 Å². The molecule has 4 heteroatoms. The number of rotatable bonds is 7. The number of carbonyl (C=O) groups excluding carboxylic acids is 3. The number of nitrogens with zero attached hydrogens (tertiary/aromatic N) is 1. The molecule has 2 amide bonds. The van der Waals surface area contributed by atoms with Gasteiger partial charge < -0.3 is 0 Å². The van der Waals surface area contributed by atoms with Crippen molar-refractivity contribution in [2.75, 3.05) is 0 Å². The summed E-state index contributed by atoms with van der Waals surface area (Å²) in [5.41, 5.74) is 1.75. The molecule has 2 aromatic carbocycles. The molecule has 4 rings (SSSR count). The van der Waals surface area contributed by atoms with Gasteiger partial charge in [0.05, 0.1) is 0 Å². The molecule has 1 saturated carbocycles. The van der Waals surface area contributed by atoms with Gasteiger partial charge in [0.25, 0.3) is 11.8 Å². The number of hydrogen-bond donors (Lipinski definition) is 0. The van der Waals surface area contributed by atoms with E-state index in [1.165, 1.54) is 17.7 Å². The molecule has 2 aliphatic rings. The summed E-state index contributed by atoms with van der Waals surface area (Å²) in [6, 6.07) is 9.10. The van der Waals surface area contributed by atoms with Gasteiger partial charge in [-0.1, -0.05) is 70.9 Å². The SMILES string of the molecule is CCCCCC(C)C(=O)c1ccc2c3c(cccc13)C(=O)N(C1CCCCCC1)C2=O. The first-order valence-corrected chi connectivity index (χ1v) is 12.0. The van der Waals surface area contributed by atoms with E-state index >= 15 is 0 Å². The van der Waals surface area contributed by atoms with E-state index < -0.39 is 0 Å². The summed E-state index contributed by atoms with van der Waals surface area (Å²) in [5.74, 6) is -0.363. The molecule has 0 N–H and O–H groups in total. The molecular formula is C27H33NO3. The minimum Gasteiger partial charge on any atom is -0.294 e. The van der Waals surface area contributed by atoms with Gasteiger partial charge in [-0.3, -0.25) is 19.3 Å². The van der Waals surface area contributed by atoms with Crippen molar-refractivity contribution in [3.63, 3.8) is 0 Å². The lowest BCUT2D eigenvalue weighted by molar-refractivity contribution is 0.0523. The number of ketones is 1. The van der Waals surface area contributed by atoms with Crippen molar-refractivity contribution in [3.05, 3.63) is 47.0 Å². The molecule has 0 radical (unpaired) electrons. The Labute approximate surface area is 185 Å². The molecule has 4 nitrogen and oxygen atoms in total. The highest BCUT2D eigenvalue weighted by atomic mass is 16.2. The molecule has 2 aromatic rings. The lowest BCUT2D eigenvalue weighted by atomic mass is 9.86. The second kappa shape index (κ2) is 9.33. The van der Waals surface area contributed by atoms with Gasteiger partial charge in [0, 0.05) is 34.0 Å². The summed E-state index contributed by atoms with van der Waals surface area (Å²) >= 11 is 0. The summed E-state index contributed by atoms with van der Waals surface area (Å²) in [7, 11) is 0. The van der Waals surface area contributed by atoms with Gasteiger partial charge >= 0.3 is 0 Å². The highest BCUT2D eigenvalue weighted by molar-refractivity contribution is 6.27. The first-order chi connectivity index (χ1) is 15.0. The van der Waals surface area contributed by atoms with Crippen LogP contribution in [0.4, 0.5) is 0 Å². The number of unbranched alkanes of at least 4 members (excludes halogenated alkanes) is 2. The van der Waals surface area contributed by atoms with E-state index in [1.807, 2.05) is 25.1 Å². The zero-order chi connectivity index (χ0) is 22.0. The number of hydrogen-bond acceptors (Lipinski definition) is 3. The van der Waals surface area contributed by atoms with Crippen LogP contribution in [-0.2, 0) is 0 Å². The van der Waals surface area contributed by atoms with Crippen LogP contribution in [0.15, 0.2) is 30.3 Å². The van der Waals surface area contributed by atoms with Crippen molar-refractivity contribution < 1.29 is 14.4 Å². The first-order valence-electron chi connectivity index (χ1n) is 12.0. The van der Waals surface area contributed by atoms with Gasteiger partial charge in [-0.2, -0.15) is 0 Å². The fraction of sp³-hybridized carbons (Fsp3) is 0.519. The van der Waals surface area contributed by atoms with Crippen molar-refractivity contribution in [1.29, 1.82) is 0 Å². The van der Waals surface area contributed by atoms with Gasteiger partial charge in [-0.25, -0.2) is 0 Å². The number of Topliss-reactive ketones (excluding diaryl/α,β-unsaturated/α-hetero) is 1. The molecule has 0 saturated heterocycles. The maximum Gasteiger partial charge on any atom is 0.261 e. The zero-order valence-corrected chi connectivity index (χ0v) is 18.8. The van der Waals surface area contributed by atoms with E-state index in [4.69, 9.17) is 0 Å². The average Bonchev–Trinajstić information content (AvgIpc) is 3.06. The largest absolute Gasteiger partial charge is 0.294 e. The highest BCUT2D eigenvalue weighted by Gasteiger charge is 2.38. The van der Waals surface area contributed by atoms with E-state index in [0.717, 1.165) is 56.8 Å². The van der Waals surface area contributed by atoms with Gasteiger partial charge in [-0.05, 0) is 42.8 Å². The van der Waals surface area contributed by atoms with E-state index in [2.05, 4.69) is 6.92 Å². The summed E-state index contributed by atoms with van der Waals surface area (Å²) in [6.45, 7) is 4.14. The van der Waals surface area contributed by atoms with E-state index in [9.17, 15) is 14.4 Å². The van der Waals surface area contributed by atoms with Crippen molar-refractivity contribution in [1.82, 2.24) is 4.90 Å². The van der Waals surface area contributed by atoms with E-state index in [1.54, 1.807) is 12.1 Å². The van der Waals surface area contributed by atoms with Gasteiger partial charge in [0.1, 0.15) is 0 Å². The average molecular weight is 420 g/mol. The van der Waals surface area contributed by atoms with Crippen LogP contribution in [0, 0.1) is 5.92 Å². The molecular weight excluding hydrogens is 386 g/mol. The van der Waals surface area contributed by atoms with Crippen LogP contribution in [0.5, 0.6) is 0 Å². The van der Waals surface area contributed by atoms with Crippen LogP contribution in [-0.4, -0.2) is 28.5 Å². The van der Waals surface area contributed by atoms with Crippen LogP contribution >= 0.6 is 0 Å². The number of benzene rings is 2. The molecule has 0 bridgehead atoms. The van der Waals surface area contributed by atoms with Crippen molar-refractivity contribution in [2.45, 2.75) is 84.1 Å². The van der Waals surface area contributed by atoms with Gasteiger partial charge in [0.2, 0.25) is 0 Å². The highest BCUT2D eigenvalue weighted by Crippen LogP contribution is 2.36. The Kier molecular flexibility index (Phi) is 6.54. The zero-order valence-electron chi connectivity index (χ0n) is 18.8. The van der Waals surface area contributed by atoms with E-state index in [-0.39, 0.29) is 29.6 Å². The molecule has 31 heavy (non-hydrogen) atoms. The third-order valence-corrected chi connectivity index (χ3v) is 7.08. The number of amides is 2. The predicted molar refractivity (Wildman–Crippen MR) is 124 cm³/mol. The monoisotopic (exact) mass is 419 g/mol. The second-order valence-electron chi connectivity index (χ2n) is 9.28. The van der Waals surface area contributed by atoms with E-state index in [0.29, 0.717) is 22.1 Å². The topological polar surface area (TPSA) is 54.5 Å². The maximum absolute atomic E-state index is 13.4. The molecule has 0 spiro atoms. The normalized spacial score (nSPS) is 18.3. The minimum atomic E-state index is -0.199. The smallest absolute Gasteiger partial charge is 0.261 e. The maximum atomic E-state index is 13.4. The number of imide groups is 1. The molecule has 1 heterocycles. The van der Waals surface area contributed by atoms with Gasteiger partial charge in [0.15, 0.2) is 5.78 Å². The van der Waals surface area contributed by atoms with Crippen LogP contribution in [0.3, 0.4) is 0 Å². The third-order valence-electron chi connectivity index (χ3n) is 7.08. The Morgan fingerprint density at radius 3 is 2.32 bits per heavy atom. The molecule has 164 valence electrons. The molecule has 0 aromatic heterocycles. The fourth-order valence-electron chi connectivity index (χ4n) is 5.27. The van der Waals surface area contributed by atoms with Crippen LogP contribution < -0.4 is 0 Å². The summed E-state index contributed by atoms with van der Waals surface area (Å²) in [5, 5.41) is 1.40. The summed E-state index contributed by atoms with van der Waals surface area (Å²) in [6.07, 6.45) is 10.4. The Morgan fingerprint density at radius 1 is 0.968 bits per heavy atom. The van der Waals surface area contributed by atoms with Crippen LogP contribution in [0.2, 0.25) is 0 Å². The Bertz CT molecular complexity index is 979. The second-order valence-corrected chi connectivity index (χ2v) is 9.28. The summed E-state index contributed by atoms with van der Waals surface area (Å²) in [4.78, 5) is 41.6. The number of carbonyl (C=O) groups is 3. The van der Waals surface area contributed by atoms with Crippen LogP contribution in [0.1, 0.15) is 109 Å².